The molecule has 1 aliphatic rings. The zero-order valence-electron chi connectivity index (χ0n) is 26.3. The first-order valence-corrected chi connectivity index (χ1v) is 15.3. The van der Waals surface area contributed by atoms with Gasteiger partial charge in [-0.3, -0.25) is 0 Å². The Kier molecular flexibility index (Phi) is 30.8. The van der Waals surface area contributed by atoms with Gasteiger partial charge in [0.15, 0.2) is 6.10 Å². The van der Waals surface area contributed by atoms with Crippen LogP contribution in [0.2, 0.25) is 0 Å². The number of carbonyl (C=O) groups excluding carboxylic acids is 2. The summed E-state index contributed by atoms with van der Waals surface area (Å²) in [5.41, 5.74) is 0. The smallest absolute Gasteiger partial charge is 0.407 e. The Morgan fingerprint density at radius 1 is 0.556 bits per heavy atom. The topological polar surface area (TPSA) is 186 Å². The van der Waals surface area contributed by atoms with Crippen LogP contribution in [0.1, 0.15) is 0 Å². The molecule has 1 saturated heterocycles. The van der Waals surface area contributed by atoms with Crippen molar-refractivity contribution in [1.82, 2.24) is 5.32 Å². The molecule has 1 atom stereocenters. The summed E-state index contributed by atoms with van der Waals surface area (Å²) in [6.45, 7) is 9.48. The van der Waals surface area contributed by atoms with E-state index in [1.807, 2.05) is 0 Å². The predicted octanol–water partition coefficient (Wildman–Crippen LogP) is -1.19. The predicted molar refractivity (Wildman–Crippen MR) is 155 cm³/mol. The van der Waals surface area contributed by atoms with Crippen molar-refractivity contribution in [1.29, 1.82) is 0 Å². The number of amides is 1. The van der Waals surface area contributed by atoms with E-state index in [1.54, 1.807) is 0 Å². The molecule has 2 N–H and O–H groups in total. The van der Waals surface area contributed by atoms with E-state index < -0.39 is 18.2 Å². The number of nitrogens with one attached hydrogen (secondary N) is 1. The average Bonchev–Trinajstić information content (AvgIpc) is 3.47. The number of aliphatic hydroxyl groups excluding tert-OH is 1. The third-order valence-electron chi connectivity index (χ3n) is 5.35. The van der Waals surface area contributed by atoms with Crippen molar-refractivity contribution in [2.45, 2.75) is 6.10 Å². The molecular formula is C28H53NO16. The van der Waals surface area contributed by atoms with Crippen molar-refractivity contribution in [2.24, 2.45) is 0 Å². The Morgan fingerprint density at radius 3 is 1.16 bits per heavy atom. The number of rotatable bonds is 36. The van der Waals surface area contributed by atoms with Gasteiger partial charge in [0.25, 0.3) is 0 Å². The normalized spacial score (nSPS) is 14.5. The lowest BCUT2D eigenvalue weighted by Gasteiger charge is -2.10. The lowest BCUT2D eigenvalue weighted by atomic mass is 10.4. The summed E-state index contributed by atoms with van der Waals surface area (Å²) < 4.78 is 68.7. The standard InChI is InChI=1S/C28H53NO16/c30-1-2-33-3-4-34-5-6-35-7-8-36-9-10-37-11-12-38-13-14-39-15-16-40-17-18-41-19-20-42-21-22-43-25-27(31)44-24-26-23-29-28(32)45-26/h26,30H,1-25H2,(H,29,32)/t26-/m0/s1. The van der Waals surface area contributed by atoms with Crippen LogP contribution in [-0.2, 0) is 66.4 Å². The van der Waals surface area contributed by atoms with Crippen LogP contribution in [0.15, 0.2) is 0 Å². The summed E-state index contributed by atoms with van der Waals surface area (Å²) >= 11 is 0. The number of carbonyl (C=O) groups is 2. The van der Waals surface area contributed by atoms with E-state index in [0.29, 0.717) is 139 Å². The van der Waals surface area contributed by atoms with Gasteiger partial charge < -0.3 is 72.0 Å². The molecule has 0 unspecified atom stereocenters. The second kappa shape index (κ2) is 33.6. The fourth-order valence-electron chi connectivity index (χ4n) is 3.17. The highest BCUT2D eigenvalue weighted by molar-refractivity contribution is 5.71. The molecule has 45 heavy (non-hydrogen) atoms. The van der Waals surface area contributed by atoms with Gasteiger partial charge >= 0.3 is 12.1 Å². The third-order valence-corrected chi connectivity index (χ3v) is 5.35. The molecule has 0 radical (unpaired) electrons. The van der Waals surface area contributed by atoms with E-state index in [1.165, 1.54) is 0 Å². The van der Waals surface area contributed by atoms with Crippen LogP contribution < -0.4 is 5.32 Å². The summed E-state index contributed by atoms with van der Waals surface area (Å²) in [6.07, 6.45) is -0.977. The number of alkyl carbamates (subject to hydrolysis) is 1. The summed E-state index contributed by atoms with van der Waals surface area (Å²) in [5, 5.41) is 11.0. The number of cyclic esters (lactones) is 1. The van der Waals surface area contributed by atoms with Gasteiger partial charge in [0.05, 0.1) is 152 Å². The number of hydrogen-bond donors (Lipinski definition) is 2. The second-order valence-corrected chi connectivity index (χ2v) is 8.99. The maximum absolute atomic E-state index is 11.5. The average molecular weight is 660 g/mol. The van der Waals surface area contributed by atoms with E-state index in [0.717, 1.165) is 0 Å². The van der Waals surface area contributed by atoms with Gasteiger partial charge in [-0.1, -0.05) is 0 Å². The van der Waals surface area contributed by atoms with E-state index >= 15 is 0 Å². The SMILES string of the molecule is O=C(COCCOCCOCCOCCOCCOCCOCCOCCOCCOCCOCCO)OC[C@@H]1CNC(=O)O1. The molecule has 0 aliphatic carbocycles. The Balaban J connectivity index is 1.63. The molecule has 0 aromatic rings. The number of ether oxygens (including phenoxy) is 13. The highest BCUT2D eigenvalue weighted by Crippen LogP contribution is 2.00. The lowest BCUT2D eigenvalue weighted by molar-refractivity contribution is -0.151. The largest absolute Gasteiger partial charge is 0.460 e. The van der Waals surface area contributed by atoms with Gasteiger partial charge in [-0.05, 0) is 0 Å². The zero-order chi connectivity index (χ0) is 32.3. The fraction of sp³-hybridized carbons (Fsp3) is 0.929. The minimum absolute atomic E-state index is 0.00146. The lowest BCUT2D eigenvalue weighted by Crippen LogP contribution is -2.24. The molecule has 17 heteroatoms. The van der Waals surface area contributed by atoms with E-state index in [-0.39, 0.29) is 26.4 Å². The molecule has 1 aliphatic heterocycles. The summed E-state index contributed by atoms with van der Waals surface area (Å²) in [6, 6.07) is 0. The summed E-state index contributed by atoms with van der Waals surface area (Å²) in [7, 11) is 0. The monoisotopic (exact) mass is 659 g/mol. The van der Waals surface area contributed by atoms with Crippen molar-refractivity contribution in [3.63, 3.8) is 0 Å². The van der Waals surface area contributed by atoms with Crippen LogP contribution >= 0.6 is 0 Å². The number of hydrogen-bond acceptors (Lipinski definition) is 16. The first-order chi connectivity index (χ1) is 22.2. The van der Waals surface area contributed by atoms with Crippen molar-refractivity contribution < 1.29 is 76.3 Å². The van der Waals surface area contributed by atoms with Gasteiger partial charge in [0, 0.05) is 0 Å². The first-order valence-electron chi connectivity index (χ1n) is 15.3. The second-order valence-electron chi connectivity index (χ2n) is 8.99. The van der Waals surface area contributed by atoms with Crippen molar-refractivity contribution in [3.05, 3.63) is 0 Å². The quantitative estimate of drug-likeness (QED) is 0.0604. The van der Waals surface area contributed by atoms with Crippen molar-refractivity contribution in [2.75, 3.05) is 165 Å². The number of esters is 1. The zero-order valence-corrected chi connectivity index (χ0v) is 26.3. The first kappa shape index (κ1) is 41.3. The van der Waals surface area contributed by atoms with Crippen LogP contribution in [0.4, 0.5) is 4.79 Å². The molecule has 1 amide bonds. The van der Waals surface area contributed by atoms with Gasteiger partial charge in [-0.25, -0.2) is 9.59 Å². The van der Waals surface area contributed by atoms with Gasteiger partial charge in [-0.2, -0.15) is 0 Å². The van der Waals surface area contributed by atoms with E-state index in [4.69, 9.17) is 66.7 Å². The third kappa shape index (κ3) is 30.7. The van der Waals surface area contributed by atoms with E-state index in [2.05, 4.69) is 5.32 Å². The molecular weight excluding hydrogens is 606 g/mol. The molecule has 0 aromatic carbocycles. The molecule has 1 fully saturated rings. The number of aliphatic hydroxyl groups is 1. The Hall–Kier alpha value is -1.74. The molecule has 0 bridgehead atoms. The van der Waals surface area contributed by atoms with Crippen LogP contribution in [0, 0.1) is 0 Å². The molecule has 0 saturated carbocycles. The van der Waals surface area contributed by atoms with Crippen molar-refractivity contribution in [3.8, 4) is 0 Å². The Labute approximate surface area is 265 Å². The summed E-state index contributed by atoms with van der Waals surface area (Å²) in [5.74, 6) is -0.531. The molecule has 266 valence electrons. The maximum atomic E-state index is 11.5. The highest BCUT2D eigenvalue weighted by atomic mass is 16.6. The van der Waals surface area contributed by atoms with Gasteiger partial charge in [-0.15, -0.1) is 0 Å². The Morgan fingerprint density at radius 2 is 0.867 bits per heavy atom. The molecule has 17 nitrogen and oxygen atoms in total. The van der Waals surface area contributed by atoms with Crippen LogP contribution in [-0.4, -0.2) is 188 Å². The fourth-order valence-corrected chi connectivity index (χ4v) is 3.17. The molecule has 1 rings (SSSR count). The van der Waals surface area contributed by atoms with Crippen LogP contribution in [0.3, 0.4) is 0 Å². The summed E-state index contributed by atoms with van der Waals surface area (Å²) in [4.78, 5) is 22.4. The van der Waals surface area contributed by atoms with Crippen molar-refractivity contribution >= 4 is 12.1 Å². The molecule has 1 heterocycles. The minimum Gasteiger partial charge on any atom is -0.460 e. The van der Waals surface area contributed by atoms with Gasteiger partial charge in [0.1, 0.15) is 13.2 Å². The Bertz CT molecular complexity index is 662. The van der Waals surface area contributed by atoms with Gasteiger partial charge in [0.2, 0.25) is 0 Å². The van der Waals surface area contributed by atoms with Crippen LogP contribution in [0.5, 0.6) is 0 Å². The van der Waals surface area contributed by atoms with Crippen LogP contribution in [0.25, 0.3) is 0 Å². The molecule has 0 spiro atoms. The minimum atomic E-state index is -0.531. The maximum Gasteiger partial charge on any atom is 0.407 e. The highest BCUT2D eigenvalue weighted by Gasteiger charge is 2.23. The molecule has 0 aromatic heterocycles. The van der Waals surface area contributed by atoms with E-state index in [9.17, 15) is 9.59 Å².